The average molecular weight is 260 g/mol. The third kappa shape index (κ3) is 1.45. The van der Waals surface area contributed by atoms with Gasteiger partial charge in [0.15, 0.2) is 0 Å². The predicted molar refractivity (Wildman–Crippen MR) is 54.8 cm³/mol. The molecule has 6 heteroatoms. The molecule has 72 valence electrons. The molecule has 3 rings (SSSR count). The Morgan fingerprint density at radius 3 is 3.07 bits per heavy atom. The molecule has 0 spiro atoms. The number of furan rings is 1. The number of imidazole rings is 1. The minimum absolute atomic E-state index is 0.645. The van der Waals surface area contributed by atoms with Crippen molar-refractivity contribution in [2.24, 2.45) is 0 Å². The quantitative estimate of drug-likeness (QED) is 0.643. The predicted octanol–water partition coefficient (Wildman–Crippen LogP) is 0.407. The van der Waals surface area contributed by atoms with Crippen molar-refractivity contribution in [3.05, 3.63) is 24.6 Å². The number of hydrogen-bond acceptors (Lipinski definition) is 4. The molecular weight excluding hydrogens is 255 g/mol. The van der Waals surface area contributed by atoms with Gasteiger partial charge in [-0.15, -0.1) is 0 Å². The molecule has 0 atom stereocenters. The Morgan fingerprint density at radius 2 is 2.27 bits per heavy atom. The summed E-state index contributed by atoms with van der Waals surface area (Å²) in [5.41, 5.74) is 1.45. The van der Waals surface area contributed by atoms with Crippen molar-refractivity contribution in [1.29, 1.82) is 0 Å². The van der Waals surface area contributed by atoms with E-state index in [1.165, 1.54) is 0 Å². The fraction of sp³-hybridized carbons (Fsp3) is 0. The van der Waals surface area contributed by atoms with Gasteiger partial charge in [0, 0.05) is 0 Å². The SMILES string of the molecule is [As]c1ncc2[nH]c(-c3ccco3)nc2n1. The Kier molecular flexibility index (Phi) is 1.85. The average Bonchev–Trinajstić information content (AvgIpc) is 2.84. The van der Waals surface area contributed by atoms with Gasteiger partial charge < -0.3 is 0 Å². The van der Waals surface area contributed by atoms with E-state index in [1.807, 2.05) is 12.1 Å². The van der Waals surface area contributed by atoms with Gasteiger partial charge in [-0.25, -0.2) is 0 Å². The van der Waals surface area contributed by atoms with Gasteiger partial charge in [-0.05, 0) is 0 Å². The molecular formula is C9H5AsN4O. The number of aromatic nitrogens is 4. The van der Waals surface area contributed by atoms with Crippen molar-refractivity contribution in [2.75, 3.05) is 0 Å². The third-order valence-electron chi connectivity index (χ3n) is 1.98. The first-order valence-electron chi connectivity index (χ1n) is 4.28. The summed E-state index contributed by atoms with van der Waals surface area (Å²) in [6, 6.07) is 3.66. The summed E-state index contributed by atoms with van der Waals surface area (Å²) in [4.78, 5) is 15.6. The molecule has 0 amide bonds. The van der Waals surface area contributed by atoms with E-state index in [4.69, 9.17) is 4.42 Å². The summed E-state index contributed by atoms with van der Waals surface area (Å²) < 4.78 is 5.88. The molecule has 0 aliphatic rings. The molecule has 2 radical (unpaired) electrons. The summed E-state index contributed by atoms with van der Waals surface area (Å²) in [7, 11) is 0. The molecule has 0 saturated carbocycles. The van der Waals surface area contributed by atoms with Crippen LogP contribution in [-0.2, 0) is 0 Å². The van der Waals surface area contributed by atoms with Crippen LogP contribution in [0.1, 0.15) is 0 Å². The van der Waals surface area contributed by atoms with Gasteiger partial charge in [0.2, 0.25) is 0 Å². The molecule has 0 aliphatic heterocycles. The summed E-state index contributed by atoms with van der Waals surface area (Å²) in [5.74, 6) is 1.36. The number of H-pyrrole nitrogens is 1. The second-order valence-corrected chi connectivity index (χ2v) is 3.81. The first-order valence-corrected chi connectivity index (χ1v) is 5.22. The molecule has 3 aromatic rings. The van der Waals surface area contributed by atoms with Gasteiger partial charge in [-0.2, -0.15) is 0 Å². The number of nitrogens with zero attached hydrogens (tertiary/aromatic N) is 3. The van der Waals surface area contributed by atoms with Gasteiger partial charge in [0.1, 0.15) is 0 Å². The van der Waals surface area contributed by atoms with E-state index in [2.05, 4.69) is 36.8 Å². The van der Waals surface area contributed by atoms with Crippen LogP contribution < -0.4 is 4.61 Å². The second kappa shape index (κ2) is 3.21. The number of rotatable bonds is 1. The minimum atomic E-state index is 0.645. The zero-order chi connectivity index (χ0) is 10.3. The van der Waals surface area contributed by atoms with E-state index >= 15 is 0 Å². The standard InChI is InChI=1S/C9H5AsN4O/c10-9-11-4-5-7(14-9)13-8(12-5)6-2-1-3-15-6/h1-4H,(H,11,12,13,14). The Bertz CT molecular complexity index is 602. The van der Waals surface area contributed by atoms with Gasteiger partial charge in [0.05, 0.1) is 0 Å². The van der Waals surface area contributed by atoms with E-state index in [-0.39, 0.29) is 0 Å². The number of fused-ring (bicyclic) bond motifs is 1. The van der Waals surface area contributed by atoms with Crippen LogP contribution in [0.5, 0.6) is 0 Å². The van der Waals surface area contributed by atoms with Gasteiger partial charge in [0.25, 0.3) is 0 Å². The van der Waals surface area contributed by atoms with Crippen LogP contribution in [-0.4, -0.2) is 36.8 Å². The van der Waals surface area contributed by atoms with Crippen LogP contribution in [0.3, 0.4) is 0 Å². The Labute approximate surface area is 93.5 Å². The van der Waals surface area contributed by atoms with E-state index in [1.54, 1.807) is 12.5 Å². The van der Waals surface area contributed by atoms with Crippen molar-refractivity contribution in [3.8, 4) is 11.6 Å². The molecule has 0 aromatic carbocycles. The summed E-state index contributed by atoms with van der Waals surface area (Å²) in [5, 5.41) is 0. The van der Waals surface area contributed by atoms with Gasteiger partial charge in [-0.1, -0.05) is 0 Å². The van der Waals surface area contributed by atoms with Crippen molar-refractivity contribution >= 4 is 32.6 Å². The van der Waals surface area contributed by atoms with Crippen LogP contribution in [0, 0.1) is 0 Å². The fourth-order valence-electron chi connectivity index (χ4n) is 1.33. The van der Waals surface area contributed by atoms with Crippen LogP contribution in [0.15, 0.2) is 29.0 Å². The molecule has 3 aromatic heterocycles. The molecule has 0 unspecified atom stereocenters. The summed E-state index contributed by atoms with van der Waals surface area (Å²) >= 11 is 2.29. The number of nitrogens with one attached hydrogen (secondary N) is 1. The van der Waals surface area contributed by atoms with Crippen molar-refractivity contribution < 1.29 is 4.42 Å². The maximum atomic E-state index is 5.23. The molecule has 0 fully saturated rings. The van der Waals surface area contributed by atoms with E-state index in [9.17, 15) is 0 Å². The van der Waals surface area contributed by atoms with Crippen LogP contribution >= 0.6 is 0 Å². The summed E-state index contributed by atoms with van der Waals surface area (Å²) in [6.45, 7) is 0. The molecule has 15 heavy (non-hydrogen) atoms. The normalized spacial score (nSPS) is 11.0. The Hall–Kier alpha value is -1.61. The molecule has 0 saturated heterocycles. The van der Waals surface area contributed by atoms with E-state index in [0.717, 1.165) is 5.52 Å². The Balaban J connectivity index is 2.22. The maximum absolute atomic E-state index is 5.23. The zero-order valence-electron chi connectivity index (χ0n) is 7.51. The fourth-order valence-corrected chi connectivity index (χ4v) is 1.65. The van der Waals surface area contributed by atoms with Crippen LogP contribution in [0.25, 0.3) is 22.7 Å². The molecule has 3 heterocycles. The van der Waals surface area contributed by atoms with Gasteiger partial charge in [-0.3, -0.25) is 0 Å². The van der Waals surface area contributed by atoms with Gasteiger partial charge >= 0.3 is 93.2 Å². The third-order valence-corrected chi connectivity index (χ3v) is 2.43. The first kappa shape index (κ1) is 8.68. The van der Waals surface area contributed by atoms with E-state index in [0.29, 0.717) is 21.8 Å². The molecule has 0 aliphatic carbocycles. The monoisotopic (exact) mass is 260 g/mol. The van der Waals surface area contributed by atoms with Crippen molar-refractivity contribution in [3.63, 3.8) is 0 Å². The van der Waals surface area contributed by atoms with Crippen molar-refractivity contribution in [2.45, 2.75) is 0 Å². The van der Waals surface area contributed by atoms with Crippen LogP contribution in [0.2, 0.25) is 0 Å². The molecule has 0 bridgehead atoms. The topological polar surface area (TPSA) is 67.6 Å². The number of hydrogen-bond donors (Lipinski definition) is 1. The van der Waals surface area contributed by atoms with E-state index < -0.39 is 0 Å². The number of aromatic amines is 1. The Morgan fingerprint density at radius 1 is 1.33 bits per heavy atom. The zero-order valence-corrected chi connectivity index (χ0v) is 9.38. The molecule has 5 nitrogen and oxygen atoms in total. The van der Waals surface area contributed by atoms with Crippen molar-refractivity contribution in [1.82, 2.24) is 19.9 Å². The summed E-state index contributed by atoms with van der Waals surface area (Å²) in [6.07, 6.45) is 3.31. The second-order valence-electron chi connectivity index (χ2n) is 2.97. The molecule has 1 N–H and O–H groups in total. The first-order chi connectivity index (χ1) is 7.33. The van der Waals surface area contributed by atoms with Crippen LogP contribution in [0.4, 0.5) is 0 Å².